The molecule has 0 aliphatic carbocycles. The second kappa shape index (κ2) is 6.08. The lowest BCUT2D eigenvalue weighted by Gasteiger charge is -2.29. The van der Waals surface area contributed by atoms with Crippen LogP contribution in [0, 0.1) is 25.2 Å². The number of hydrogen-bond acceptors (Lipinski definition) is 3. The van der Waals surface area contributed by atoms with Gasteiger partial charge in [-0.1, -0.05) is 12.1 Å². The Kier molecular flexibility index (Phi) is 4.97. The molecular formula is C16H24N2O. The molecule has 0 amide bonds. The average Bonchev–Trinajstić information content (AvgIpc) is 2.35. The zero-order valence-electron chi connectivity index (χ0n) is 12.9. The Bertz CT molecular complexity index is 463. The number of nitrogens with zero attached hydrogens (tertiary/aromatic N) is 2. The lowest BCUT2D eigenvalue weighted by atomic mass is 10.0. The van der Waals surface area contributed by atoms with Crippen molar-refractivity contribution in [2.24, 2.45) is 0 Å². The Morgan fingerprint density at radius 3 is 2.21 bits per heavy atom. The van der Waals surface area contributed by atoms with Crippen LogP contribution in [0.4, 0.5) is 0 Å². The molecule has 1 aromatic carbocycles. The summed E-state index contributed by atoms with van der Waals surface area (Å²) in [6, 6.07) is 6.66. The molecule has 0 atom stereocenters. The fourth-order valence-corrected chi connectivity index (χ4v) is 2.17. The van der Waals surface area contributed by atoms with E-state index in [-0.39, 0.29) is 0 Å². The molecule has 3 nitrogen and oxygen atoms in total. The summed E-state index contributed by atoms with van der Waals surface area (Å²) in [5, 5.41) is 9.11. The van der Waals surface area contributed by atoms with Gasteiger partial charge in [-0.3, -0.25) is 4.90 Å². The fourth-order valence-electron chi connectivity index (χ4n) is 2.17. The monoisotopic (exact) mass is 260 g/mol. The Labute approximate surface area is 116 Å². The number of aryl methyl sites for hydroxylation is 2. The molecule has 0 saturated carbocycles. The van der Waals surface area contributed by atoms with E-state index in [9.17, 15) is 0 Å². The first-order chi connectivity index (χ1) is 8.81. The van der Waals surface area contributed by atoms with Crippen molar-refractivity contribution in [1.29, 1.82) is 5.26 Å². The number of hydrogen-bond donors (Lipinski definition) is 0. The SMILES string of the molecule is COc1c(C)cc(CCN(C)C(C)(C)C#N)cc1C. The van der Waals surface area contributed by atoms with Crippen molar-refractivity contribution in [2.75, 3.05) is 20.7 Å². The first-order valence-electron chi connectivity index (χ1n) is 6.58. The molecule has 0 fully saturated rings. The highest BCUT2D eigenvalue weighted by atomic mass is 16.5. The maximum absolute atomic E-state index is 9.11. The molecule has 0 spiro atoms. The summed E-state index contributed by atoms with van der Waals surface area (Å²) in [7, 11) is 3.70. The average molecular weight is 260 g/mol. The summed E-state index contributed by atoms with van der Waals surface area (Å²) in [4.78, 5) is 2.09. The lowest BCUT2D eigenvalue weighted by Crippen LogP contribution is -2.40. The molecule has 0 aliphatic heterocycles. The summed E-state index contributed by atoms with van der Waals surface area (Å²) >= 11 is 0. The van der Waals surface area contributed by atoms with Crippen LogP contribution >= 0.6 is 0 Å². The van der Waals surface area contributed by atoms with Gasteiger partial charge in [-0.25, -0.2) is 0 Å². The van der Waals surface area contributed by atoms with Crippen LogP contribution in [-0.2, 0) is 6.42 Å². The summed E-state index contributed by atoms with van der Waals surface area (Å²) in [5.74, 6) is 0.967. The Balaban J connectivity index is 2.78. The molecule has 0 unspecified atom stereocenters. The van der Waals surface area contributed by atoms with Crippen LogP contribution in [0.15, 0.2) is 12.1 Å². The molecular weight excluding hydrogens is 236 g/mol. The summed E-state index contributed by atoms with van der Waals surface area (Å²) in [6.45, 7) is 8.89. The van der Waals surface area contributed by atoms with Crippen LogP contribution in [0.3, 0.4) is 0 Å². The largest absolute Gasteiger partial charge is 0.496 e. The van der Waals surface area contributed by atoms with E-state index < -0.39 is 5.54 Å². The number of nitriles is 1. The number of likely N-dealkylation sites (N-methyl/N-ethyl adjacent to an activating group) is 1. The third kappa shape index (κ3) is 3.71. The first-order valence-corrected chi connectivity index (χ1v) is 6.58. The first kappa shape index (κ1) is 15.5. The van der Waals surface area contributed by atoms with Crippen molar-refractivity contribution >= 4 is 0 Å². The Morgan fingerprint density at radius 1 is 1.26 bits per heavy atom. The zero-order chi connectivity index (χ0) is 14.6. The molecule has 0 heterocycles. The Morgan fingerprint density at radius 2 is 1.79 bits per heavy atom. The standard InChI is InChI=1S/C16H24N2O/c1-12-9-14(10-13(2)15(12)19-6)7-8-18(5)16(3,4)11-17/h9-10H,7-8H2,1-6H3. The van der Waals surface area contributed by atoms with Crippen molar-refractivity contribution in [2.45, 2.75) is 39.7 Å². The molecule has 0 saturated heterocycles. The number of benzene rings is 1. The third-order valence-electron chi connectivity index (χ3n) is 3.69. The fraction of sp³-hybridized carbons (Fsp3) is 0.562. The van der Waals surface area contributed by atoms with Crippen LogP contribution in [0.2, 0.25) is 0 Å². The number of ether oxygens (including phenoxy) is 1. The van der Waals surface area contributed by atoms with Crippen LogP contribution in [-0.4, -0.2) is 31.1 Å². The van der Waals surface area contributed by atoms with Crippen molar-refractivity contribution < 1.29 is 4.74 Å². The van der Waals surface area contributed by atoms with Gasteiger partial charge >= 0.3 is 0 Å². The Hall–Kier alpha value is -1.53. The maximum Gasteiger partial charge on any atom is 0.124 e. The smallest absolute Gasteiger partial charge is 0.124 e. The van der Waals surface area contributed by atoms with Crippen LogP contribution in [0.25, 0.3) is 0 Å². The molecule has 19 heavy (non-hydrogen) atoms. The van der Waals surface area contributed by atoms with E-state index in [1.807, 2.05) is 20.9 Å². The van der Waals surface area contributed by atoms with Crippen molar-refractivity contribution in [3.8, 4) is 11.8 Å². The molecule has 0 N–H and O–H groups in total. The molecule has 104 valence electrons. The van der Waals surface area contributed by atoms with Crippen molar-refractivity contribution in [3.05, 3.63) is 28.8 Å². The highest BCUT2D eigenvalue weighted by molar-refractivity contribution is 5.43. The van der Waals surface area contributed by atoms with E-state index in [0.29, 0.717) is 0 Å². The molecule has 1 aromatic rings. The second-order valence-electron chi connectivity index (χ2n) is 5.61. The van der Waals surface area contributed by atoms with Crippen LogP contribution in [0.5, 0.6) is 5.75 Å². The highest BCUT2D eigenvalue weighted by Crippen LogP contribution is 2.24. The van der Waals surface area contributed by atoms with Crippen molar-refractivity contribution in [3.63, 3.8) is 0 Å². The van der Waals surface area contributed by atoms with Gasteiger partial charge in [-0.05, 0) is 57.9 Å². The van der Waals surface area contributed by atoms with E-state index in [0.717, 1.165) is 18.7 Å². The molecule has 0 aliphatic rings. The summed E-state index contributed by atoms with van der Waals surface area (Å²) in [6.07, 6.45) is 0.938. The number of methoxy groups -OCH3 is 1. The number of rotatable bonds is 5. The summed E-state index contributed by atoms with van der Waals surface area (Å²) in [5.41, 5.74) is 3.20. The van der Waals surface area contributed by atoms with Gasteiger partial charge in [-0.15, -0.1) is 0 Å². The van der Waals surface area contributed by atoms with Gasteiger partial charge in [0.25, 0.3) is 0 Å². The minimum Gasteiger partial charge on any atom is -0.496 e. The second-order valence-corrected chi connectivity index (χ2v) is 5.61. The predicted octanol–water partition coefficient (Wildman–Crippen LogP) is 3.09. The van der Waals surface area contributed by atoms with Gasteiger partial charge in [0.15, 0.2) is 0 Å². The molecule has 1 rings (SSSR count). The highest BCUT2D eigenvalue weighted by Gasteiger charge is 2.22. The van der Waals surface area contributed by atoms with Gasteiger partial charge in [0.2, 0.25) is 0 Å². The third-order valence-corrected chi connectivity index (χ3v) is 3.69. The van der Waals surface area contributed by atoms with Crippen LogP contribution < -0.4 is 4.74 Å². The van der Waals surface area contributed by atoms with Gasteiger partial charge in [0, 0.05) is 6.54 Å². The van der Waals surface area contributed by atoms with E-state index in [2.05, 4.69) is 36.9 Å². The van der Waals surface area contributed by atoms with Crippen molar-refractivity contribution in [1.82, 2.24) is 4.90 Å². The van der Waals surface area contributed by atoms with E-state index in [4.69, 9.17) is 10.00 Å². The van der Waals surface area contributed by atoms with Gasteiger partial charge < -0.3 is 4.74 Å². The molecule has 3 heteroatoms. The zero-order valence-corrected chi connectivity index (χ0v) is 12.9. The minimum absolute atomic E-state index is 0.420. The maximum atomic E-state index is 9.11. The predicted molar refractivity (Wildman–Crippen MR) is 78.5 cm³/mol. The lowest BCUT2D eigenvalue weighted by molar-refractivity contribution is 0.214. The molecule has 0 bridgehead atoms. The van der Waals surface area contributed by atoms with Crippen LogP contribution in [0.1, 0.15) is 30.5 Å². The van der Waals surface area contributed by atoms with E-state index in [1.54, 1.807) is 7.11 Å². The van der Waals surface area contributed by atoms with Gasteiger partial charge in [0.05, 0.1) is 13.2 Å². The van der Waals surface area contributed by atoms with E-state index >= 15 is 0 Å². The minimum atomic E-state index is -0.420. The van der Waals surface area contributed by atoms with E-state index in [1.165, 1.54) is 16.7 Å². The summed E-state index contributed by atoms with van der Waals surface area (Å²) < 4.78 is 5.37. The molecule has 0 radical (unpaired) electrons. The topological polar surface area (TPSA) is 36.3 Å². The quantitative estimate of drug-likeness (QED) is 0.816. The van der Waals surface area contributed by atoms with Gasteiger partial charge in [0.1, 0.15) is 11.3 Å². The molecule has 0 aromatic heterocycles. The van der Waals surface area contributed by atoms with Gasteiger partial charge in [-0.2, -0.15) is 5.26 Å². The normalized spacial score (nSPS) is 11.5.